The van der Waals surface area contributed by atoms with Crippen molar-refractivity contribution in [2.45, 2.75) is 25.9 Å². The van der Waals surface area contributed by atoms with Crippen LogP contribution < -0.4 is 15.5 Å². The molecule has 9 heteroatoms. The van der Waals surface area contributed by atoms with Gasteiger partial charge in [0.15, 0.2) is 0 Å². The third kappa shape index (κ3) is 7.16. The summed E-state index contributed by atoms with van der Waals surface area (Å²) in [5.74, 6) is -0.0502. The Kier molecular flexibility index (Phi) is 9.28. The van der Waals surface area contributed by atoms with Gasteiger partial charge in [0.25, 0.3) is 0 Å². The van der Waals surface area contributed by atoms with Gasteiger partial charge in [0, 0.05) is 49.5 Å². The van der Waals surface area contributed by atoms with E-state index in [1.54, 1.807) is 23.1 Å². The topological polar surface area (TPSA) is 84.9 Å². The average Bonchev–Trinajstić information content (AvgIpc) is 2.91. The van der Waals surface area contributed by atoms with Gasteiger partial charge in [0.2, 0.25) is 5.91 Å². The highest BCUT2D eigenvalue weighted by Gasteiger charge is 2.24. The minimum absolute atomic E-state index is 0.0502. The van der Waals surface area contributed by atoms with Crippen LogP contribution in [0.3, 0.4) is 0 Å². The molecule has 0 aliphatic carbocycles. The Labute approximate surface area is 227 Å². The summed E-state index contributed by atoms with van der Waals surface area (Å²) < 4.78 is 0. The highest BCUT2D eigenvalue weighted by Crippen LogP contribution is 2.30. The number of rotatable bonds is 8. The van der Waals surface area contributed by atoms with Crippen molar-refractivity contribution in [3.05, 3.63) is 87.9 Å². The van der Waals surface area contributed by atoms with Crippen LogP contribution >= 0.6 is 23.2 Å². The number of carbonyl (C=O) groups is 2. The first-order chi connectivity index (χ1) is 17.9. The fraction of sp³-hybridized carbons (Fsp3) is 0.286. The predicted octanol–water partition coefficient (Wildman–Crippen LogP) is 5.80. The van der Waals surface area contributed by atoms with Crippen LogP contribution in [-0.2, 0) is 17.8 Å². The number of aryl methyl sites for hydroxylation is 1. The lowest BCUT2D eigenvalue weighted by molar-refractivity contribution is -0.116. The molecule has 0 saturated carbocycles. The van der Waals surface area contributed by atoms with Gasteiger partial charge in [-0.2, -0.15) is 0 Å². The zero-order valence-corrected chi connectivity index (χ0v) is 21.9. The van der Waals surface area contributed by atoms with Crippen molar-refractivity contribution in [3.63, 3.8) is 0 Å². The van der Waals surface area contributed by atoms with Crippen LogP contribution in [0, 0.1) is 0 Å². The van der Waals surface area contributed by atoms with E-state index in [0.717, 1.165) is 24.1 Å². The third-order valence-electron chi connectivity index (χ3n) is 6.35. The zero-order chi connectivity index (χ0) is 26.2. The summed E-state index contributed by atoms with van der Waals surface area (Å²) in [6, 6.07) is 20.5. The fourth-order valence-electron chi connectivity index (χ4n) is 4.37. The molecule has 0 aromatic heterocycles. The third-order valence-corrected chi connectivity index (χ3v) is 6.98. The number of aliphatic hydroxyl groups excluding tert-OH is 1. The maximum atomic E-state index is 12.7. The van der Waals surface area contributed by atoms with Gasteiger partial charge in [-0.1, -0.05) is 59.6 Å². The number of anilines is 3. The van der Waals surface area contributed by atoms with Crippen molar-refractivity contribution in [2.75, 3.05) is 41.7 Å². The van der Waals surface area contributed by atoms with Gasteiger partial charge < -0.3 is 25.5 Å². The summed E-state index contributed by atoms with van der Waals surface area (Å²) >= 11 is 12.3. The number of hydrogen-bond donors (Lipinski definition) is 3. The van der Waals surface area contributed by atoms with E-state index in [1.807, 2.05) is 36.4 Å². The molecular formula is C28H30Cl2N4O3. The maximum absolute atomic E-state index is 12.7. The molecule has 1 aliphatic rings. The number of urea groups is 1. The molecule has 0 radical (unpaired) electrons. The summed E-state index contributed by atoms with van der Waals surface area (Å²) in [4.78, 5) is 29.0. The van der Waals surface area contributed by atoms with E-state index in [0.29, 0.717) is 54.0 Å². The van der Waals surface area contributed by atoms with Gasteiger partial charge in [-0.25, -0.2) is 4.79 Å². The van der Waals surface area contributed by atoms with Gasteiger partial charge in [0.1, 0.15) is 0 Å². The summed E-state index contributed by atoms with van der Waals surface area (Å²) in [7, 11) is 0. The smallest absolute Gasteiger partial charge is 0.322 e. The first-order valence-electron chi connectivity index (χ1n) is 12.3. The van der Waals surface area contributed by atoms with E-state index < -0.39 is 0 Å². The van der Waals surface area contributed by atoms with Gasteiger partial charge in [0.05, 0.1) is 22.3 Å². The van der Waals surface area contributed by atoms with E-state index in [-0.39, 0.29) is 18.5 Å². The molecule has 1 heterocycles. The first-order valence-corrected chi connectivity index (χ1v) is 13.0. The van der Waals surface area contributed by atoms with E-state index in [1.165, 1.54) is 5.56 Å². The molecule has 1 aliphatic heterocycles. The Morgan fingerprint density at radius 2 is 1.57 bits per heavy atom. The second-order valence-corrected chi connectivity index (χ2v) is 9.70. The quantitative estimate of drug-likeness (QED) is 0.337. The van der Waals surface area contributed by atoms with Crippen LogP contribution in [-0.4, -0.2) is 48.1 Å². The molecule has 0 atom stereocenters. The minimum atomic E-state index is -0.262. The number of halogens is 2. The van der Waals surface area contributed by atoms with Crippen molar-refractivity contribution in [1.29, 1.82) is 0 Å². The monoisotopic (exact) mass is 540 g/mol. The second-order valence-electron chi connectivity index (χ2n) is 8.89. The molecule has 1 fully saturated rings. The molecule has 1 saturated heterocycles. The summed E-state index contributed by atoms with van der Waals surface area (Å²) in [6.07, 6.45) is 2.04. The number of carbonyl (C=O) groups excluding carboxylic acids is 2. The Morgan fingerprint density at radius 1 is 0.865 bits per heavy atom. The van der Waals surface area contributed by atoms with Crippen LogP contribution in [0.25, 0.3) is 0 Å². The van der Waals surface area contributed by atoms with E-state index in [4.69, 9.17) is 23.2 Å². The SMILES string of the molecule is O=C(CCCc1ccccc1)Nc1ccc(N2CCN(C(=O)Nc3c(Cl)cccc3Cl)CC2)c(CO)c1. The molecule has 37 heavy (non-hydrogen) atoms. The molecule has 7 nitrogen and oxygen atoms in total. The van der Waals surface area contributed by atoms with Crippen molar-refractivity contribution >= 4 is 52.2 Å². The number of para-hydroxylation sites is 1. The maximum Gasteiger partial charge on any atom is 0.322 e. The molecule has 0 spiro atoms. The number of amides is 3. The molecule has 0 unspecified atom stereocenters. The number of piperazine rings is 1. The number of hydrogen-bond acceptors (Lipinski definition) is 4. The van der Waals surface area contributed by atoms with Gasteiger partial charge in [-0.15, -0.1) is 0 Å². The molecule has 3 aromatic rings. The number of benzene rings is 3. The molecule has 3 aromatic carbocycles. The number of nitrogens with one attached hydrogen (secondary N) is 2. The molecule has 194 valence electrons. The number of aliphatic hydroxyl groups is 1. The van der Waals surface area contributed by atoms with E-state index in [2.05, 4.69) is 27.7 Å². The zero-order valence-electron chi connectivity index (χ0n) is 20.4. The summed E-state index contributed by atoms with van der Waals surface area (Å²) in [5.41, 5.74) is 3.89. The van der Waals surface area contributed by atoms with E-state index in [9.17, 15) is 14.7 Å². The largest absolute Gasteiger partial charge is 0.392 e. The van der Waals surface area contributed by atoms with Crippen molar-refractivity contribution < 1.29 is 14.7 Å². The highest BCUT2D eigenvalue weighted by molar-refractivity contribution is 6.39. The minimum Gasteiger partial charge on any atom is -0.392 e. The Morgan fingerprint density at radius 3 is 2.24 bits per heavy atom. The molecular weight excluding hydrogens is 511 g/mol. The Balaban J connectivity index is 1.29. The van der Waals surface area contributed by atoms with Crippen LogP contribution in [0.1, 0.15) is 24.0 Å². The highest BCUT2D eigenvalue weighted by atomic mass is 35.5. The van der Waals surface area contributed by atoms with Crippen molar-refractivity contribution in [3.8, 4) is 0 Å². The lowest BCUT2D eigenvalue weighted by Crippen LogP contribution is -2.50. The predicted molar refractivity (Wildman–Crippen MR) is 150 cm³/mol. The Bertz CT molecular complexity index is 1210. The average molecular weight is 541 g/mol. The Hall–Kier alpha value is -3.26. The molecule has 3 N–H and O–H groups in total. The van der Waals surface area contributed by atoms with Gasteiger partial charge in [-0.05, 0) is 48.7 Å². The number of nitrogens with zero attached hydrogens (tertiary/aromatic N) is 2. The van der Waals surface area contributed by atoms with E-state index >= 15 is 0 Å². The van der Waals surface area contributed by atoms with Gasteiger partial charge in [-0.3, -0.25) is 4.79 Å². The fourth-order valence-corrected chi connectivity index (χ4v) is 4.87. The van der Waals surface area contributed by atoms with Crippen LogP contribution in [0.2, 0.25) is 10.0 Å². The first kappa shape index (κ1) is 26.8. The normalized spacial score (nSPS) is 13.4. The summed E-state index contributed by atoms with van der Waals surface area (Å²) in [6.45, 7) is 2.04. The van der Waals surface area contributed by atoms with Crippen LogP contribution in [0.4, 0.5) is 21.9 Å². The van der Waals surface area contributed by atoms with Crippen molar-refractivity contribution in [1.82, 2.24) is 4.90 Å². The second kappa shape index (κ2) is 12.8. The standard InChI is InChI=1S/C28H30Cl2N4O3/c29-23-9-5-10-24(30)27(23)32-28(37)34-16-14-33(15-17-34)25-13-12-22(18-21(25)19-35)31-26(36)11-4-8-20-6-2-1-3-7-20/h1-3,5-7,9-10,12-13,18,35H,4,8,11,14-17,19H2,(H,31,36)(H,32,37). The van der Waals surface area contributed by atoms with Crippen molar-refractivity contribution in [2.24, 2.45) is 0 Å². The summed E-state index contributed by atoms with van der Waals surface area (Å²) in [5, 5.41) is 16.5. The lowest BCUT2D eigenvalue weighted by Gasteiger charge is -2.37. The molecule has 4 rings (SSSR count). The molecule has 3 amide bonds. The van der Waals surface area contributed by atoms with Gasteiger partial charge >= 0.3 is 6.03 Å². The van der Waals surface area contributed by atoms with Crippen LogP contribution in [0.5, 0.6) is 0 Å². The molecule has 0 bridgehead atoms. The van der Waals surface area contributed by atoms with Crippen LogP contribution in [0.15, 0.2) is 66.7 Å². The lowest BCUT2D eigenvalue weighted by atomic mass is 10.1.